The third-order valence-electron chi connectivity index (χ3n) is 6.23. The number of nitrogens with one attached hydrogen (secondary N) is 2. The number of hydrogen-bond acceptors (Lipinski definition) is 8. The lowest BCUT2D eigenvalue weighted by Gasteiger charge is -2.31. The van der Waals surface area contributed by atoms with E-state index in [0.29, 0.717) is 41.7 Å². The number of aliphatic hydroxyl groups is 1. The molecule has 2 atom stereocenters. The van der Waals surface area contributed by atoms with E-state index in [9.17, 15) is 14.7 Å². The maximum absolute atomic E-state index is 12.2. The van der Waals surface area contributed by atoms with Gasteiger partial charge >= 0.3 is 0 Å². The molecule has 5 N–H and O–H groups in total. The lowest BCUT2D eigenvalue weighted by molar-refractivity contribution is -0.125. The van der Waals surface area contributed by atoms with E-state index in [4.69, 9.17) is 31.5 Å². The van der Waals surface area contributed by atoms with Crippen LogP contribution in [0.5, 0.6) is 11.5 Å². The number of nitrogens with zero attached hydrogens (tertiary/aromatic N) is 1. The van der Waals surface area contributed by atoms with Gasteiger partial charge in [0.2, 0.25) is 5.91 Å². The summed E-state index contributed by atoms with van der Waals surface area (Å²) in [4.78, 5) is 23.5. The number of carbonyl (C=O) groups is 2. The number of rotatable bonds is 15. The maximum Gasteiger partial charge on any atom is 0.258 e. The van der Waals surface area contributed by atoms with E-state index >= 15 is 0 Å². The molecule has 1 aliphatic rings. The zero-order valence-corrected chi connectivity index (χ0v) is 23.3. The van der Waals surface area contributed by atoms with Crippen LogP contribution in [0.15, 0.2) is 47.6 Å². The van der Waals surface area contributed by atoms with Crippen LogP contribution in [-0.2, 0) is 20.7 Å². The quantitative estimate of drug-likeness (QED) is 0.262. The summed E-state index contributed by atoms with van der Waals surface area (Å²) in [5, 5.41) is 18.0. The number of β-amino-alcohol motifs (C(OH)–C–C–N with tert-alkyl or cyclic N) is 1. The number of nitrogens with two attached hydrogens (primary N) is 1. The molecule has 0 saturated heterocycles. The molecule has 0 bridgehead atoms. The van der Waals surface area contributed by atoms with Gasteiger partial charge in [-0.05, 0) is 61.7 Å². The second kappa shape index (κ2) is 14.3. The molecule has 1 heterocycles. The molecule has 2 aromatic carbocycles. The average Bonchev–Trinajstić information content (AvgIpc) is 2.91. The van der Waals surface area contributed by atoms with Gasteiger partial charge in [0.25, 0.3) is 5.91 Å². The molecule has 10 nitrogen and oxygen atoms in total. The van der Waals surface area contributed by atoms with Crippen LogP contribution in [0.1, 0.15) is 44.2 Å². The summed E-state index contributed by atoms with van der Waals surface area (Å²) >= 11 is 6.43. The Kier molecular flexibility index (Phi) is 11.1. The van der Waals surface area contributed by atoms with E-state index in [1.807, 2.05) is 38.1 Å². The molecule has 0 spiro atoms. The van der Waals surface area contributed by atoms with Crippen LogP contribution >= 0.6 is 11.6 Å². The van der Waals surface area contributed by atoms with Crippen LogP contribution < -0.4 is 25.9 Å². The van der Waals surface area contributed by atoms with Gasteiger partial charge in [-0.2, -0.15) is 5.10 Å². The highest BCUT2D eigenvalue weighted by molar-refractivity contribution is 6.32. The van der Waals surface area contributed by atoms with Gasteiger partial charge in [-0.3, -0.25) is 9.59 Å². The van der Waals surface area contributed by atoms with Crippen molar-refractivity contribution >= 4 is 29.1 Å². The number of amides is 2. The number of benzene rings is 2. The van der Waals surface area contributed by atoms with E-state index in [2.05, 4.69) is 15.8 Å². The highest BCUT2D eigenvalue weighted by Gasteiger charge is 2.29. The molecule has 1 unspecified atom stereocenters. The molecule has 0 aliphatic carbocycles. The second-order valence-electron chi connectivity index (χ2n) is 10.1. The Bertz CT molecular complexity index is 1160. The minimum Gasteiger partial charge on any atom is -0.491 e. The molecular weight excluding hydrogens is 524 g/mol. The van der Waals surface area contributed by atoms with E-state index in [0.717, 1.165) is 17.5 Å². The topological polar surface area (TPSA) is 144 Å². The van der Waals surface area contributed by atoms with Gasteiger partial charge in [0.15, 0.2) is 6.10 Å². The van der Waals surface area contributed by atoms with Gasteiger partial charge < -0.3 is 30.4 Å². The fourth-order valence-electron chi connectivity index (χ4n) is 3.97. The Morgan fingerprint density at radius 2 is 1.97 bits per heavy atom. The number of aliphatic hydroxyl groups excluding tert-OH is 1. The second-order valence-corrected chi connectivity index (χ2v) is 10.5. The Labute approximate surface area is 233 Å². The molecule has 0 fully saturated rings. The molecule has 2 amide bonds. The summed E-state index contributed by atoms with van der Waals surface area (Å²) in [7, 11) is 1.67. The summed E-state index contributed by atoms with van der Waals surface area (Å²) in [6, 6.07) is 12.8. The van der Waals surface area contributed by atoms with Crippen LogP contribution in [0, 0.1) is 0 Å². The van der Waals surface area contributed by atoms with Crippen molar-refractivity contribution in [3.8, 4) is 11.5 Å². The maximum atomic E-state index is 12.2. The summed E-state index contributed by atoms with van der Waals surface area (Å²) < 4.78 is 16.7. The first-order valence-corrected chi connectivity index (χ1v) is 13.2. The number of hydrazone groups is 1. The van der Waals surface area contributed by atoms with Gasteiger partial charge in [-0.15, -0.1) is 0 Å². The van der Waals surface area contributed by atoms with Crippen molar-refractivity contribution in [1.29, 1.82) is 0 Å². The molecule has 1 aliphatic heterocycles. The van der Waals surface area contributed by atoms with E-state index in [1.165, 1.54) is 0 Å². The molecule has 0 radical (unpaired) electrons. The molecule has 2 aromatic rings. The highest BCUT2D eigenvalue weighted by Crippen LogP contribution is 2.29. The lowest BCUT2D eigenvalue weighted by atomic mass is 9.95. The smallest absolute Gasteiger partial charge is 0.258 e. The fraction of sp³-hybridized carbons (Fsp3) is 0.464. The SMILES string of the molecule is COCCc1ccc(OC[C@@H](O)CNC(C)(C)CC(Oc2ccc(C3=NNC(=O)CC3)cc2Cl)C(N)=O)cc1. The van der Waals surface area contributed by atoms with Crippen LogP contribution in [0.4, 0.5) is 0 Å². The molecule has 0 aromatic heterocycles. The predicted molar refractivity (Wildman–Crippen MR) is 149 cm³/mol. The van der Waals surface area contributed by atoms with Gasteiger partial charge in [0, 0.05) is 38.5 Å². The normalized spacial score (nSPS) is 15.2. The van der Waals surface area contributed by atoms with Gasteiger partial charge in [0.1, 0.15) is 24.2 Å². The van der Waals surface area contributed by atoms with Gasteiger partial charge in [-0.1, -0.05) is 23.7 Å². The number of methoxy groups -OCH3 is 1. The van der Waals surface area contributed by atoms with Crippen molar-refractivity contribution in [3.63, 3.8) is 0 Å². The highest BCUT2D eigenvalue weighted by atomic mass is 35.5. The Morgan fingerprint density at radius 1 is 1.23 bits per heavy atom. The number of primary amides is 1. The summed E-state index contributed by atoms with van der Waals surface area (Å²) in [6.45, 7) is 4.77. The van der Waals surface area contributed by atoms with Crippen molar-refractivity contribution in [2.75, 3.05) is 26.9 Å². The zero-order chi connectivity index (χ0) is 28.4. The van der Waals surface area contributed by atoms with E-state index in [1.54, 1.807) is 25.3 Å². The first kappa shape index (κ1) is 30.4. The molecular formula is C28H37ClN4O6. The largest absolute Gasteiger partial charge is 0.491 e. The van der Waals surface area contributed by atoms with Crippen molar-refractivity contribution in [1.82, 2.24) is 10.7 Å². The summed E-state index contributed by atoms with van der Waals surface area (Å²) in [6.07, 6.45) is 0.165. The Hall–Kier alpha value is -3.18. The van der Waals surface area contributed by atoms with Gasteiger partial charge in [0.05, 0.1) is 17.3 Å². The number of halogens is 1. The minimum absolute atomic E-state index is 0.104. The predicted octanol–water partition coefficient (Wildman–Crippen LogP) is 2.57. The lowest BCUT2D eigenvalue weighted by Crippen LogP contribution is -2.49. The van der Waals surface area contributed by atoms with Crippen LogP contribution in [0.25, 0.3) is 0 Å². The summed E-state index contributed by atoms with van der Waals surface area (Å²) in [5.74, 6) is 0.207. The van der Waals surface area contributed by atoms with Crippen molar-refractivity contribution in [2.45, 2.75) is 57.3 Å². The summed E-state index contributed by atoms with van der Waals surface area (Å²) in [5.41, 5.74) is 10.1. The standard InChI is InChI=1S/C28H37ClN4O6/c1-28(2,31-16-20(34)17-38-21-7-4-18(5-8-21)12-13-37-3)15-25(27(30)36)39-24-10-6-19(14-22(24)29)23-9-11-26(35)33-32-23/h4-8,10,14,20,25,31,34H,9,11-13,15-17H2,1-3H3,(H2,30,36)(H,33,35)/t20-,25?/m0/s1. The molecule has 11 heteroatoms. The van der Waals surface area contributed by atoms with Crippen molar-refractivity contribution < 1.29 is 28.9 Å². The zero-order valence-electron chi connectivity index (χ0n) is 22.5. The van der Waals surface area contributed by atoms with Crippen molar-refractivity contribution in [2.24, 2.45) is 10.8 Å². The van der Waals surface area contributed by atoms with Crippen LogP contribution in [-0.4, -0.2) is 67.2 Å². The molecule has 0 saturated carbocycles. The number of hydrogen-bond donors (Lipinski definition) is 4. The fourth-order valence-corrected chi connectivity index (χ4v) is 4.19. The molecule has 39 heavy (non-hydrogen) atoms. The molecule has 212 valence electrons. The minimum atomic E-state index is -0.966. The van der Waals surface area contributed by atoms with E-state index in [-0.39, 0.29) is 25.5 Å². The van der Waals surface area contributed by atoms with Crippen LogP contribution in [0.2, 0.25) is 5.02 Å². The molecule has 3 rings (SSSR count). The third-order valence-corrected chi connectivity index (χ3v) is 6.52. The van der Waals surface area contributed by atoms with Crippen molar-refractivity contribution in [3.05, 3.63) is 58.6 Å². The number of carbonyl (C=O) groups excluding carboxylic acids is 2. The van der Waals surface area contributed by atoms with Gasteiger partial charge in [-0.25, -0.2) is 5.43 Å². The Balaban J connectivity index is 1.50. The first-order valence-electron chi connectivity index (χ1n) is 12.8. The third kappa shape index (κ3) is 9.81. The van der Waals surface area contributed by atoms with E-state index < -0.39 is 23.7 Å². The van der Waals surface area contributed by atoms with Crippen LogP contribution in [0.3, 0.4) is 0 Å². The first-order chi connectivity index (χ1) is 18.6. The number of ether oxygens (including phenoxy) is 3. The average molecular weight is 561 g/mol. The Morgan fingerprint density at radius 3 is 2.59 bits per heavy atom. The monoisotopic (exact) mass is 560 g/mol.